The summed E-state index contributed by atoms with van der Waals surface area (Å²) < 4.78 is 24.2. The lowest BCUT2D eigenvalue weighted by Crippen LogP contribution is -2.26. The normalized spacial score (nSPS) is 11.3. The van der Waals surface area contributed by atoms with E-state index >= 15 is 0 Å². The number of benzene rings is 2. The van der Waals surface area contributed by atoms with Crippen molar-refractivity contribution in [2.24, 2.45) is 0 Å². The number of halogens is 2. The third-order valence-corrected chi connectivity index (χ3v) is 5.24. The highest BCUT2D eigenvalue weighted by Gasteiger charge is 2.18. The quantitative estimate of drug-likeness (QED) is 0.762. The maximum Gasteiger partial charge on any atom is 0.255 e. The van der Waals surface area contributed by atoms with Crippen molar-refractivity contribution >= 4 is 43.3 Å². The summed E-state index contributed by atoms with van der Waals surface area (Å²) in [7, 11) is -1.75. The molecular formula is C16H15BrClNO3S. The topological polar surface area (TPSA) is 54.5 Å². The molecule has 0 radical (unpaired) electrons. The SMILES string of the molecule is CN(Cc1ccc(Br)cc1)C(=O)c1cc(S(C)(=O)=O)ccc1Cl. The molecule has 0 saturated carbocycles. The minimum Gasteiger partial charge on any atom is -0.337 e. The Morgan fingerprint density at radius 1 is 1.17 bits per heavy atom. The van der Waals surface area contributed by atoms with Crippen molar-refractivity contribution in [3.8, 4) is 0 Å². The molecule has 0 aromatic heterocycles. The van der Waals surface area contributed by atoms with Gasteiger partial charge in [-0.25, -0.2) is 8.42 Å². The monoisotopic (exact) mass is 415 g/mol. The van der Waals surface area contributed by atoms with Gasteiger partial charge < -0.3 is 4.90 Å². The lowest BCUT2D eigenvalue weighted by atomic mass is 10.1. The van der Waals surface area contributed by atoms with Gasteiger partial charge in [0.15, 0.2) is 9.84 Å². The summed E-state index contributed by atoms with van der Waals surface area (Å²) in [5.41, 5.74) is 1.13. The van der Waals surface area contributed by atoms with E-state index in [1.807, 2.05) is 24.3 Å². The average Bonchev–Trinajstić information content (AvgIpc) is 2.48. The van der Waals surface area contributed by atoms with Crippen LogP contribution in [0, 0.1) is 0 Å². The Balaban J connectivity index is 2.27. The first-order valence-electron chi connectivity index (χ1n) is 6.68. The smallest absolute Gasteiger partial charge is 0.255 e. The van der Waals surface area contributed by atoms with Crippen LogP contribution in [0.1, 0.15) is 15.9 Å². The molecule has 0 aliphatic rings. The van der Waals surface area contributed by atoms with E-state index < -0.39 is 9.84 Å². The summed E-state index contributed by atoms with van der Waals surface area (Å²) >= 11 is 9.42. The zero-order chi connectivity index (χ0) is 17.2. The predicted molar refractivity (Wildman–Crippen MR) is 94.5 cm³/mol. The first-order chi connectivity index (χ1) is 10.7. The number of hydrogen-bond acceptors (Lipinski definition) is 3. The van der Waals surface area contributed by atoms with Crippen LogP contribution in [0.25, 0.3) is 0 Å². The Hall–Kier alpha value is -1.37. The first kappa shape index (κ1) is 18.0. The molecule has 0 bridgehead atoms. The number of carbonyl (C=O) groups excluding carboxylic acids is 1. The Bertz CT molecular complexity index is 835. The van der Waals surface area contributed by atoms with Crippen molar-refractivity contribution in [2.45, 2.75) is 11.4 Å². The van der Waals surface area contributed by atoms with Crippen LogP contribution in [0.2, 0.25) is 5.02 Å². The summed E-state index contributed by atoms with van der Waals surface area (Å²) in [4.78, 5) is 14.1. The van der Waals surface area contributed by atoms with Crippen LogP contribution >= 0.6 is 27.5 Å². The summed E-state index contributed by atoms with van der Waals surface area (Å²) in [5, 5.41) is 0.227. The molecule has 0 heterocycles. The van der Waals surface area contributed by atoms with Gasteiger partial charge in [0.2, 0.25) is 0 Å². The zero-order valence-electron chi connectivity index (χ0n) is 12.6. The lowest BCUT2D eigenvalue weighted by molar-refractivity contribution is 0.0785. The molecule has 1 amide bonds. The fourth-order valence-electron chi connectivity index (χ4n) is 2.04. The fourth-order valence-corrected chi connectivity index (χ4v) is 3.15. The molecule has 0 saturated heterocycles. The number of rotatable bonds is 4. The molecule has 0 fully saturated rings. The maximum absolute atomic E-state index is 12.6. The van der Waals surface area contributed by atoms with E-state index in [0.29, 0.717) is 6.54 Å². The molecule has 4 nitrogen and oxygen atoms in total. The highest BCUT2D eigenvalue weighted by Crippen LogP contribution is 2.22. The molecule has 0 atom stereocenters. The molecule has 0 unspecified atom stereocenters. The van der Waals surface area contributed by atoms with Crippen LogP contribution in [0.15, 0.2) is 51.8 Å². The number of carbonyl (C=O) groups is 1. The van der Waals surface area contributed by atoms with E-state index in [2.05, 4.69) is 15.9 Å². The van der Waals surface area contributed by atoms with Gasteiger partial charge in [-0.05, 0) is 35.9 Å². The predicted octanol–water partition coefficient (Wildman–Crippen LogP) is 3.78. The molecule has 7 heteroatoms. The molecular weight excluding hydrogens is 402 g/mol. The maximum atomic E-state index is 12.6. The van der Waals surface area contributed by atoms with Gasteiger partial charge in [0.05, 0.1) is 15.5 Å². The molecule has 0 aliphatic heterocycles. The van der Waals surface area contributed by atoms with Crippen LogP contribution < -0.4 is 0 Å². The van der Waals surface area contributed by atoms with E-state index in [4.69, 9.17) is 11.6 Å². The average molecular weight is 417 g/mol. The van der Waals surface area contributed by atoms with Gasteiger partial charge in [-0.1, -0.05) is 39.7 Å². The highest BCUT2D eigenvalue weighted by molar-refractivity contribution is 9.10. The van der Waals surface area contributed by atoms with Crippen molar-refractivity contribution in [3.05, 3.63) is 63.1 Å². The van der Waals surface area contributed by atoms with Crippen LogP contribution in [-0.4, -0.2) is 32.5 Å². The molecule has 2 rings (SSSR count). The summed E-state index contributed by atoms with van der Waals surface area (Å²) in [6.07, 6.45) is 1.09. The zero-order valence-corrected chi connectivity index (χ0v) is 15.7. The van der Waals surface area contributed by atoms with E-state index in [1.165, 1.54) is 23.1 Å². The van der Waals surface area contributed by atoms with Crippen LogP contribution in [-0.2, 0) is 16.4 Å². The van der Waals surface area contributed by atoms with Crippen molar-refractivity contribution in [1.29, 1.82) is 0 Å². The molecule has 0 spiro atoms. The van der Waals surface area contributed by atoms with Gasteiger partial charge in [0.25, 0.3) is 5.91 Å². The van der Waals surface area contributed by atoms with E-state index in [0.717, 1.165) is 16.3 Å². The fraction of sp³-hybridized carbons (Fsp3) is 0.188. The van der Waals surface area contributed by atoms with Crippen molar-refractivity contribution < 1.29 is 13.2 Å². The number of amides is 1. The molecule has 0 aliphatic carbocycles. The van der Waals surface area contributed by atoms with Gasteiger partial charge in [0, 0.05) is 24.3 Å². The molecule has 122 valence electrons. The lowest BCUT2D eigenvalue weighted by Gasteiger charge is -2.18. The second-order valence-electron chi connectivity index (χ2n) is 5.20. The Morgan fingerprint density at radius 2 is 1.78 bits per heavy atom. The third-order valence-electron chi connectivity index (χ3n) is 3.28. The Kier molecular flexibility index (Phi) is 5.49. The van der Waals surface area contributed by atoms with E-state index in [-0.39, 0.29) is 21.4 Å². The van der Waals surface area contributed by atoms with Gasteiger partial charge in [-0.2, -0.15) is 0 Å². The van der Waals surface area contributed by atoms with Crippen LogP contribution in [0.3, 0.4) is 0 Å². The third kappa shape index (κ3) is 4.56. The van der Waals surface area contributed by atoms with Crippen molar-refractivity contribution in [1.82, 2.24) is 4.90 Å². The van der Waals surface area contributed by atoms with E-state index in [9.17, 15) is 13.2 Å². The first-order valence-corrected chi connectivity index (χ1v) is 9.74. The second-order valence-corrected chi connectivity index (χ2v) is 8.54. The minimum absolute atomic E-state index is 0.0716. The highest BCUT2D eigenvalue weighted by atomic mass is 79.9. The summed E-state index contributed by atoms with van der Waals surface area (Å²) in [6, 6.07) is 11.7. The van der Waals surface area contributed by atoms with Gasteiger partial charge in [-0.3, -0.25) is 4.79 Å². The van der Waals surface area contributed by atoms with Crippen LogP contribution in [0.5, 0.6) is 0 Å². The van der Waals surface area contributed by atoms with Crippen LogP contribution in [0.4, 0.5) is 0 Å². The summed E-state index contributed by atoms with van der Waals surface area (Å²) in [6.45, 7) is 0.394. The van der Waals surface area contributed by atoms with Crippen molar-refractivity contribution in [3.63, 3.8) is 0 Å². The van der Waals surface area contributed by atoms with Crippen molar-refractivity contribution in [2.75, 3.05) is 13.3 Å². The summed E-state index contributed by atoms with van der Waals surface area (Å²) in [5.74, 6) is -0.330. The molecule has 2 aromatic carbocycles. The van der Waals surface area contributed by atoms with Gasteiger partial charge in [-0.15, -0.1) is 0 Å². The standard InChI is InChI=1S/C16H15BrClNO3S/c1-19(10-11-3-5-12(17)6-4-11)16(20)14-9-13(23(2,21)22)7-8-15(14)18/h3-9H,10H2,1-2H3. The number of hydrogen-bond donors (Lipinski definition) is 0. The van der Waals surface area contributed by atoms with Gasteiger partial charge >= 0.3 is 0 Å². The number of nitrogens with zero attached hydrogens (tertiary/aromatic N) is 1. The minimum atomic E-state index is -3.40. The molecule has 2 aromatic rings. The Labute approximate surface area is 149 Å². The second kappa shape index (κ2) is 7.03. The molecule has 23 heavy (non-hydrogen) atoms. The Morgan fingerprint density at radius 3 is 2.35 bits per heavy atom. The van der Waals surface area contributed by atoms with E-state index in [1.54, 1.807) is 7.05 Å². The van der Waals surface area contributed by atoms with Gasteiger partial charge in [0.1, 0.15) is 0 Å². The largest absolute Gasteiger partial charge is 0.337 e. The number of sulfone groups is 1. The molecule has 0 N–H and O–H groups in total.